The van der Waals surface area contributed by atoms with E-state index in [1.807, 2.05) is 79.0 Å². The van der Waals surface area contributed by atoms with E-state index in [4.69, 9.17) is 4.98 Å². The number of nitrogens with zero attached hydrogens (tertiary/aromatic N) is 3. The van der Waals surface area contributed by atoms with Crippen LogP contribution in [0, 0.1) is 0 Å². The van der Waals surface area contributed by atoms with Crippen molar-refractivity contribution in [3.63, 3.8) is 0 Å². The smallest absolute Gasteiger partial charge is 0.278 e. The Hall–Kier alpha value is -3.99. The third-order valence-corrected chi connectivity index (χ3v) is 4.94. The fraction of sp³-hybridized carbons (Fsp3) is 0.0417. The number of hydrogen-bond donors (Lipinski definition) is 1. The predicted octanol–water partition coefficient (Wildman–Crippen LogP) is 4.32. The fourth-order valence-corrected chi connectivity index (χ4v) is 3.50. The van der Waals surface area contributed by atoms with Gasteiger partial charge in [0.1, 0.15) is 5.69 Å². The van der Waals surface area contributed by atoms with E-state index in [1.165, 1.54) is 0 Å². The van der Waals surface area contributed by atoms with Crippen LogP contribution in [0.1, 0.15) is 11.3 Å². The molecule has 1 N–H and O–H groups in total. The fourth-order valence-electron chi connectivity index (χ4n) is 3.50. The van der Waals surface area contributed by atoms with E-state index in [0.29, 0.717) is 17.9 Å². The zero-order valence-electron chi connectivity index (χ0n) is 15.6. The van der Waals surface area contributed by atoms with Crippen molar-refractivity contribution in [3.8, 4) is 28.3 Å². The highest BCUT2D eigenvalue weighted by Crippen LogP contribution is 2.28. The molecule has 0 atom stereocenters. The van der Waals surface area contributed by atoms with Crippen molar-refractivity contribution >= 4 is 0 Å². The molecular formula is C24H18N4O. The van der Waals surface area contributed by atoms with Gasteiger partial charge in [0.25, 0.3) is 5.56 Å². The van der Waals surface area contributed by atoms with Gasteiger partial charge in [-0.1, -0.05) is 60.7 Å². The molecule has 3 heterocycles. The van der Waals surface area contributed by atoms with Gasteiger partial charge in [0.15, 0.2) is 5.82 Å². The molecule has 5 heteroatoms. The lowest BCUT2D eigenvalue weighted by atomic mass is 10.1. The van der Waals surface area contributed by atoms with Crippen molar-refractivity contribution < 1.29 is 0 Å². The van der Waals surface area contributed by atoms with Gasteiger partial charge in [-0.2, -0.15) is 0 Å². The summed E-state index contributed by atoms with van der Waals surface area (Å²) in [5.41, 5.74) is 5.08. The molecule has 0 radical (unpaired) electrons. The maximum atomic E-state index is 13.2. The number of H-pyrrole nitrogens is 1. The Morgan fingerprint density at radius 3 is 2.24 bits per heavy atom. The van der Waals surface area contributed by atoms with E-state index in [0.717, 1.165) is 28.1 Å². The average molecular weight is 378 g/mol. The SMILES string of the molecule is O=c1c(Cc2ccccc2)nc2c(-c3ccncc3)[nH]c(-c3ccccc3)cn1-2. The highest BCUT2D eigenvalue weighted by atomic mass is 16.1. The van der Waals surface area contributed by atoms with Crippen molar-refractivity contribution in [2.24, 2.45) is 0 Å². The van der Waals surface area contributed by atoms with E-state index < -0.39 is 0 Å². The normalized spacial score (nSPS) is 11.0. The highest BCUT2D eigenvalue weighted by molar-refractivity contribution is 5.71. The molecule has 0 bridgehead atoms. The molecular weight excluding hydrogens is 360 g/mol. The molecule has 0 spiro atoms. The average Bonchev–Trinajstić information content (AvgIpc) is 3.10. The number of rotatable bonds is 4. The van der Waals surface area contributed by atoms with Crippen LogP contribution in [0.4, 0.5) is 0 Å². The number of hydrogen-bond acceptors (Lipinski definition) is 3. The number of pyridine rings is 1. The van der Waals surface area contributed by atoms with Gasteiger partial charge in [0.2, 0.25) is 0 Å². The first-order chi connectivity index (χ1) is 14.3. The monoisotopic (exact) mass is 378 g/mol. The number of aromatic nitrogens is 4. The zero-order valence-corrected chi connectivity index (χ0v) is 15.6. The Morgan fingerprint density at radius 2 is 1.52 bits per heavy atom. The minimum atomic E-state index is -0.0923. The van der Waals surface area contributed by atoms with Crippen LogP contribution in [0.2, 0.25) is 0 Å². The third kappa shape index (κ3) is 3.23. The summed E-state index contributed by atoms with van der Waals surface area (Å²) in [6, 6.07) is 23.7. The Bertz CT molecular complexity index is 1280. The van der Waals surface area contributed by atoms with Gasteiger partial charge in [-0.05, 0) is 23.3 Å². The first kappa shape index (κ1) is 17.1. The molecule has 3 aromatic rings. The van der Waals surface area contributed by atoms with Crippen molar-refractivity contribution in [2.75, 3.05) is 0 Å². The lowest BCUT2D eigenvalue weighted by Crippen LogP contribution is -2.16. The summed E-state index contributed by atoms with van der Waals surface area (Å²) in [6.07, 6.45) is 5.80. The summed E-state index contributed by atoms with van der Waals surface area (Å²) in [6.45, 7) is 0. The molecule has 5 nitrogen and oxygen atoms in total. The second kappa shape index (κ2) is 7.20. The molecule has 2 aliphatic rings. The van der Waals surface area contributed by atoms with E-state index in [-0.39, 0.29) is 5.56 Å². The number of benzene rings is 2. The van der Waals surface area contributed by atoms with Gasteiger partial charge in [-0.15, -0.1) is 0 Å². The third-order valence-electron chi connectivity index (χ3n) is 4.94. The minimum Gasteiger partial charge on any atom is -0.350 e. The van der Waals surface area contributed by atoms with Crippen LogP contribution >= 0.6 is 0 Å². The Kier molecular flexibility index (Phi) is 4.26. The maximum absolute atomic E-state index is 13.2. The maximum Gasteiger partial charge on any atom is 0.278 e. The van der Waals surface area contributed by atoms with Crippen LogP contribution < -0.4 is 5.56 Å². The molecule has 1 aromatic heterocycles. The molecule has 140 valence electrons. The van der Waals surface area contributed by atoms with Crippen LogP contribution in [0.3, 0.4) is 0 Å². The molecule has 0 amide bonds. The van der Waals surface area contributed by atoms with Crippen LogP contribution in [0.25, 0.3) is 28.3 Å². The Labute approximate surface area is 167 Å². The molecule has 0 saturated heterocycles. The number of nitrogens with one attached hydrogen (secondary N) is 1. The van der Waals surface area contributed by atoms with Gasteiger partial charge in [0.05, 0.1) is 11.4 Å². The number of fused-ring (bicyclic) bond motifs is 1. The minimum absolute atomic E-state index is 0.0923. The first-order valence-corrected chi connectivity index (χ1v) is 9.43. The summed E-state index contributed by atoms with van der Waals surface area (Å²) < 4.78 is 1.65. The molecule has 0 fully saturated rings. The Balaban J connectivity index is 1.73. The summed E-state index contributed by atoms with van der Waals surface area (Å²) in [7, 11) is 0. The molecule has 0 saturated carbocycles. The van der Waals surface area contributed by atoms with E-state index >= 15 is 0 Å². The summed E-state index contributed by atoms with van der Waals surface area (Å²) in [5, 5.41) is 0. The first-order valence-electron chi connectivity index (χ1n) is 9.43. The molecule has 0 unspecified atom stereocenters. The second-order valence-corrected chi connectivity index (χ2v) is 6.86. The Morgan fingerprint density at radius 1 is 0.828 bits per heavy atom. The molecule has 5 rings (SSSR count). The summed E-state index contributed by atoms with van der Waals surface area (Å²) >= 11 is 0. The van der Waals surface area contributed by atoms with E-state index in [9.17, 15) is 4.79 Å². The molecule has 2 aliphatic heterocycles. The lowest BCUT2D eigenvalue weighted by Gasteiger charge is -2.13. The van der Waals surface area contributed by atoms with Crippen molar-refractivity contribution in [1.82, 2.24) is 19.5 Å². The van der Waals surface area contributed by atoms with E-state index in [1.54, 1.807) is 17.0 Å². The summed E-state index contributed by atoms with van der Waals surface area (Å²) in [4.78, 5) is 25.5. The van der Waals surface area contributed by atoms with Gasteiger partial charge in [-0.3, -0.25) is 14.3 Å². The van der Waals surface area contributed by atoms with Crippen molar-refractivity contribution in [2.45, 2.75) is 6.42 Å². The number of aromatic amines is 1. The molecule has 2 aromatic carbocycles. The van der Waals surface area contributed by atoms with Gasteiger partial charge >= 0.3 is 0 Å². The van der Waals surface area contributed by atoms with Gasteiger partial charge in [-0.25, -0.2) is 4.98 Å². The quantitative estimate of drug-likeness (QED) is 0.507. The lowest BCUT2D eigenvalue weighted by molar-refractivity contribution is 0.975. The van der Waals surface area contributed by atoms with E-state index in [2.05, 4.69) is 9.97 Å². The van der Waals surface area contributed by atoms with Crippen LogP contribution in [-0.2, 0) is 6.42 Å². The van der Waals surface area contributed by atoms with Crippen molar-refractivity contribution in [1.29, 1.82) is 0 Å². The van der Waals surface area contributed by atoms with Crippen LogP contribution in [0.5, 0.6) is 0 Å². The number of imidazole rings is 1. The van der Waals surface area contributed by atoms with Gasteiger partial charge in [0, 0.05) is 30.6 Å². The van der Waals surface area contributed by atoms with Crippen molar-refractivity contribution in [3.05, 3.63) is 113 Å². The predicted molar refractivity (Wildman–Crippen MR) is 113 cm³/mol. The molecule has 29 heavy (non-hydrogen) atoms. The standard InChI is InChI=1S/C24H18N4O/c29-24-20(15-17-7-3-1-4-8-17)27-23-22(19-11-13-25-14-12-19)26-21(16-28(23)24)18-9-5-2-6-10-18/h1-14,16,26H,15H2. The zero-order chi connectivity index (χ0) is 19.6. The van der Waals surface area contributed by atoms with Crippen LogP contribution in [-0.4, -0.2) is 19.5 Å². The highest BCUT2D eigenvalue weighted by Gasteiger charge is 2.21. The summed E-state index contributed by atoms with van der Waals surface area (Å²) in [5.74, 6) is 0.617. The largest absolute Gasteiger partial charge is 0.350 e. The molecule has 0 aliphatic carbocycles. The van der Waals surface area contributed by atoms with Crippen LogP contribution in [0.15, 0.2) is 96.2 Å². The van der Waals surface area contributed by atoms with Gasteiger partial charge < -0.3 is 4.98 Å². The topological polar surface area (TPSA) is 63.6 Å². The second-order valence-electron chi connectivity index (χ2n) is 6.86.